The highest BCUT2D eigenvalue weighted by atomic mass is 16.2. The first kappa shape index (κ1) is 12.8. The number of aromatic nitrogens is 3. The zero-order valence-corrected chi connectivity index (χ0v) is 10.8. The highest BCUT2D eigenvalue weighted by molar-refractivity contribution is 5.44. The quantitative estimate of drug-likeness (QED) is 0.736. The summed E-state index contributed by atoms with van der Waals surface area (Å²) in [5, 5.41) is 16.3. The number of nitrogens with zero attached hydrogens (tertiary/aromatic N) is 3. The monoisotopic (exact) mass is 248 g/mol. The summed E-state index contributed by atoms with van der Waals surface area (Å²) in [6.07, 6.45) is 4.18. The minimum Gasteiger partial charge on any atom is -0.396 e. The SMILES string of the molecule is Cc1cccc2nc(NCCCCCCO)nn12. The molecular formula is C13H20N4O. The highest BCUT2D eigenvalue weighted by Gasteiger charge is 2.03. The van der Waals surface area contributed by atoms with Gasteiger partial charge in [0.25, 0.3) is 0 Å². The fourth-order valence-electron chi connectivity index (χ4n) is 1.90. The standard InChI is InChI=1S/C13H20N4O/c1-11-7-6-8-12-15-13(16-17(11)12)14-9-4-2-3-5-10-18/h6-8,18H,2-5,9-10H2,1H3,(H,14,16). The largest absolute Gasteiger partial charge is 0.396 e. The van der Waals surface area contributed by atoms with Crippen LogP contribution >= 0.6 is 0 Å². The number of nitrogens with one attached hydrogen (secondary N) is 1. The molecule has 2 heterocycles. The molecule has 0 bridgehead atoms. The molecule has 2 aromatic rings. The Bertz CT molecular complexity index is 495. The van der Waals surface area contributed by atoms with Gasteiger partial charge in [-0.15, -0.1) is 5.10 Å². The molecule has 5 heteroatoms. The second-order valence-electron chi connectivity index (χ2n) is 4.44. The van der Waals surface area contributed by atoms with Crippen molar-refractivity contribution in [2.24, 2.45) is 0 Å². The molecule has 98 valence electrons. The zero-order chi connectivity index (χ0) is 12.8. The van der Waals surface area contributed by atoms with Crippen LogP contribution in [-0.4, -0.2) is 32.9 Å². The number of unbranched alkanes of at least 4 members (excludes halogenated alkanes) is 3. The van der Waals surface area contributed by atoms with Gasteiger partial charge in [0.05, 0.1) is 0 Å². The Morgan fingerprint density at radius 2 is 2.06 bits per heavy atom. The van der Waals surface area contributed by atoms with E-state index in [4.69, 9.17) is 5.11 Å². The van der Waals surface area contributed by atoms with Crippen molar-refractivity contribution >= 4 is 11.6 Å². The van der Waals surface area contributed by atoms with Crippen LogP contribution in [0.3, 0.4) is 0 Å². The average Bonchev–Trinajstić information content (AvgIpc) is 2.78. The van der Waals surface area contributed by atoms with Gasteiger partial charge in [-0.2, -0.15) is 4.98 Å². The van der Waals surface area contributed by atoms with Crippen LogP contribution in [-0.2, 0) is 0 Å². The Labute approximate surface area is 107 Å². The van der Waals surface area contributed by atoms with Crippen molar-refractivity contribution in [3.05, 3.63) is 23.9 Å². The molecule has 0 saturated carbocycles. The van der Waals surface area contributed by atoms with Crippen LogP contribution in [0, 0.1) is 6.92 Å². The number of hydrogen-bond donors (Lipinski definition) is 2. The normalized spacial score (nSPS) is 11.0. The molecule has 0 aliphatic heterocycles. The Balaban J connectivity index is 1.83. The minimum atomic E-state index is 0.292. The third-order valence-corrected chi connectivity index (χ3v) is 2.92. The average molecular weight is 248 g/mol. The van der Waals surface area contributed by atoms with E-state index in [0.717, 1.165) is 43.6 Å². The molecule has 0 atom stereocenters. The van der Waals surface area contributed by atoms with E-state index in [2.05, 4.69) is 15.4 Å². The van der Waals surface area contributed by atoms with Gasteiger partial charge in [-0.05, 0) is 31.9 Å². The third kappa shape index (κ3) is 3.20. The molecule has 2 N–H and O–H groups in total. The second-order valence-corrected chi connectivity index (χ2v) is 4.44. The van der Waals surface area contributed by atoms with Gasteiger partial charge in [-0.1, -0.05) is 18.9 Å². The Morgan fingerprint density at radius 3 is 2.83 bits per heavy atom. The highest BCUT2D eigenvalue weighted by Crippen LogP contribution is 2.08. The molecule has 18 heavy (non-hydrogen) atoms. The topological polar surface area (TPSA) is 62.5 Å². The van der Waals surface area contributed by atoms with Crippen molar-refractivity contribution in [3.63, 3.8) is 0 Å². The van der Waals surface area contributed by atoms with E-state index >= 15 is 0 Å². The molecule has 0 spiro atoms. The smallest absolute Gasteiger partial charge is 0.243 e. The third-order valence-electron chi connectivity index (χ3n) is 2.92. The van der Waals surface area contributed by atoms with Gasteiger partial charge in [-0.25, -0.2) is 4.52 Å². The van der Waals surface area contributed by atoms with Crippen LogP contribution < -0.4 is 5.32 Å². The molecule has 0 amide bonds. The van der Waals surface area contributed by atoms with E-state index < -0.39 is 0 Å². The Hall–Kier alpha value is -1.62. The van der Waals surface area contributed by atoms with Crippen LogP contribution in [0.5, 0.6) is 0 Å². The zero-order valence-electron chi connectivity index (χ0n) is 10.8. The van der Waals surface area contributed by atoms with Crippen molar-refractivity contribution in [1.82, 2.24) is 14.6 Å². The first-order chi connectivity index (χ1) is 8.81. The number of aliphatic hydroxyl groups is 1. The van der Waals surface area contributed by atoms with Gasteiger partial charge in [0, 0.05) is 18.8 Å². The lowest BCUT2D eigenvalue weighted by molar-refractivity contribution is 0.283. The van der Waals surface area contributed by atoms with Crippen molar-refractivity contribution in [1.29, 1.82) is 0 Å². The number of aryl methyl sites for hydroxylation is 1. The predicted molar refractivity (Wildman–Crippen MR) is 71.8 cm³/mol. The van der Waals surface area contributed by atoms with Crippen LogP contribution in [0.15, 0.2) is 18.2 Å². The van der Waals surface area contributed by atoms with Gasteiger partial charge in [0.15, 0.2) is 5.65 Å². The van der Waals surface area contributed by atoms with Gasteiger partial charge < -0.3 is 10.4 Å². The first-order valence-corrected chi connectivity index (χ1v) is 6.48. The van der Waals surface area contributed by atoms with Gasteiger partial charge in [0.2, 0.25) is 5.95 Å². The number of anilines is 1. The molecule has 0 aliphatic rings. The summed E-state index contributed by atoms with van der Waals surface area (Å²) in [4.78, 5) is 4.41. The van der Waals surface area contributed by atoms with Crippen molar-refractivity contribution < 1.29 is 5.11 Å². The first-order valence-electron chi connectivity index (χ1n) is 6.48. The Kier molecular flexibility index (Phi) is 4.52. The van der Waals surface area contributed by atoms with Crippen LogP contribution in [0.2, 0.25) is 0 Å². The number of pyridine rings is 1. The van der Waals surface area contributed by atoms with Gasteiger partial charge in [-0.3, -0.25) is 0 Å². The number of hydrogen-bond acceptors (Lipinski definition) is 4. The fraction of sp³-hybridized carbons (Fsp3) is 0.538. The van der Waals surface area contributed by atoms with E-state index in [1.165, 1.54) is 0 Å². The second kappa shape index (κ2) is 6.35. The van der Waals surface area contributed by atoms with E-state index in [1.54, 1.807) is 0 Å². The van der Waals surface area contributed by atoms with E-state index in [0.29, 0.717) is 12.6 Å². The van der Waals surface area contributed by atoms with Crippen molar-refractivity contribution in [2.45, 2.75) is 32.6 Å². The minimum absolute atomic E-state index is 0.292. The summed E-state index contributed by atoms with van der Waals surface area (Å²) < 4.78 is 1.84. The summed E-state index contributed by atoms with van der Waals surface area (Å²) in [5.41, 5.74) is 1.95. The Morgan fingerprint density at radius 1 is 1.22 bits per heavy atom. The summed E-state index contributed by atoms with van der Waals surface area (Å²) in [7, 11) is 0. The van der Waals surface area contributed by atoms with E-state index in [-0.39, 0.29) is 0 Å². The van der Waals surface area contributed by atoms with Gasteiger partial charge >= 0.3 is 0 Å². The lowest BCUT2D eigenvalue weighted by Crippen LogP contribution is -2.03. The summed E-state index contributed by atoms with van der Waals surface area (Å²) in [5.74, 6) is 0.687. The fourth-order valence-corrected chi connectivity index (χ4v) is 1.90. The van der Waals surface area contributed by atoms with Crippen LogP contribution in [0.4, 0.5) is 5.95 Å². The molecule has 0 fully saturated rings. The molecule has 2 rings (SSSR count). The van der Waals surface area contributed by atoms with Crippen LogP contribution in [0.25, 0.3) is 5.65 Å². The van der Waals surface area contributed by atoms with Crippen LogP contribution in [0.1, 0.15) is 31.4 Å². The summed E-state index contributed by atoms with van der Waals surface area (Å²) in [6, 6.07) is 5.95. The molecule has 0 aromatic carbocycles. The molecule has 0 aliphatic carbocycles. The number of rotatable bonds is 7. The lowest BCUT2D eigenvalue weighted by atomic mass is 10.2. The van der Waals surface area contributed by atoms with Gasteiger partial charge in [0.1, 0.15) is 0 Å². The molecule has 0 unspecified atom stereocenters. The molecule has 0 saturated heterocycles. The van der Waals surface area contributed by atoms with E-state index in [1.807, 2.05) is 29.6 Å². The van der Waals surface area contributed by atoms with E-state index in [9.17, 15) is 0 Å². The molecule has 5 nitrogen and oxygen atoms in total. The maximum Gasteiger partial charge on any atom is 0.243 e. The molecule has 0 radical (unpaired) electrons. The van der Waals surface area contributed by atoms with Crippen molar-refractivity contribution in [3.8, 4) is 0 Å². The molecular weight excluding hydrogens is 228 g/mol. The predicted octanol–water partition coefficient (Wildman–Crippen LogP) is 2.00. The summed E-state index contributed by atoms with van der Waals surface area (Å²) >= 11 is 0. The number of fused-ring (bicyclic) bond motifs is 1. The lowest BCUT2D eigenvalue weighted by Gasteiger charge is -2.00. The maximum absolute atomic E-state index is 8.67. The molecule has 2 aromatic heterocycles. The summed E-state index contributed by atoms with van der Waals surface area (Å²) in [6.45, 7) is 3.18. The van der Waals surface area contributed by atoms with Crippen molar-refractivity contribution in [2.75, 3.05) is 18.5 Å². The maximum atomic E-state index is 8.67. The number of aliphatic hydroxyl groups excluding tert-OH is 1.